The second-order valence-corrected chi connectivity index (χ2v) is 7.65. The van der Waals surface area contributed by atoms with Gasteiger partial charge in [-0.15, -0.1) is 0 Å². The minimum absolute atomic E-state index is 0.0478. The summed E-state index contributed by atoms with van der Waals surface area (Å²) in [5.41, 5.74) is -0.797. The molecule has 1 saturated carbocycles. The highest BCUT2D eigenvalue weighted by Crippen LogP contribution is 2.32. The van der Waals surface area contributed by atoms with Crippen LogP contribution in [0.1, 0.15) is 37.7 Å². The topological polar surface area (TPSA) is 73.2 Å². The number of nitrogens with zero attached hydrogens (tertiary/aromatic N) is 1. The van der Waals surface area contributed by atoms with Gasteiger partial charge in [0, 0.05) is 19.6 Å². The first kappa shape index (κ1) is 17.7. The van der Waals surface area contributed by atoms with Gasteiger partial charge in [-0.3, -0.25) is 4.90 Å². The van der Waals surface area contributed by atoms with E-state index < -0.39 is 17.3 Å². The molecule has 1 heterocycles. The Morgan fingerprint density at radius 2 is 1.83 bits per heavy atom. The normalized spacial score (nSPS) is 30.4. The molecule has 0 radical (unpaired) electrons. The highest BCUT2D eigenvalue weighted by Gasteiger charge is 2.44. The fourth-order valence-electron chi connectivity index (χ4n) is 3.87. The summed E-state index contributed by atoms with van der Waals surface area (Å²) >= 11 is 0. The number of β-amino-alcohol motifs (C(OH)–C–C–N with tert-alkyl or cyclic N) is 2. The van der Waals surface area contributed by atoms with Crippen LogP contribution in [0.2, 0.25) is 0 Å². The van der Waals surface area contributed by atoms with E-state index in [1.807, 2.05) is 31.2 Å². The molecule has 0 aromatic heterocycles. The molecular formula is C19H29NO4. The molecular weight excluding hydrogens is 306 g/mol. The molecule has 3 N–H and O–H groups in total. The minimum Gasteiger partial charge on any atom is -0.490 e. The summed E-state index contributed by atoms with van der Waals surface area (Å²) in [4.78, 5) is 2.07. The smallest absolute Gasteiger partial charge is 0.137 e. The van der Waals surface area contributed by atoms with Gasteiger partial charge in [0.05, 0.1) is 11.7 Å². The van der Waals surface area contributed by atoms with Crippen LogP contribution in [-0.2, 0) is 0 Å². The lowest BCUT2D eigenvalue weighted by atomic mass is 9.89. The van der Waals surface area contributed by atoms with Crippen LogP contribution in [-0.4, -0.2) is 63.8 Å². The molecule has 1 aliphatic heterocycles. The fourth-order valence-corrected chi connectivity index (χ4v) is 3.87. The molecule has 5 nitrogen and oxygen atoms in total. The van der Waals surface area contributed by atoms with E-state index in [4.69, 9.17) is 4.74 Å². The van der Waals surface area contributed by atoms with Crippen LogP contribution in [0.5, 0.6) is 5.75 Å². The van der Waals surface area contributed by atoms with Gasteiger partial charge in [-0.1, -0.05) is 30.5 Å². The van der Waals surface area contributed by atoms with E-state index in [1.165, 1.54) is 0 Å². The Balaban J connectivity index is 1.60. The van der Waals surface area contributed by atoms with Crippen molar-refractivity contribution in [1.82, 2.24) is 4.90 Å². The lowest BCUT2D eigenvalue weighted by molar-refractivity contribution is -0.147. The molecule has 0 unspecified atom stereocenters. The highest BCUT2D eigenvalue weighted by molar-refractivity contribution is 5.26. The predicted octanol–water partition coefficient (Wildman–Crippen LogP) is 1.48. The van der Waals surface area contributed by atoms with E-state index in [0.717, 1.165) is 31.2 Å². The molecule has 1 aliphatic carbocycles. The van der Waals surface area contributed by atoms with Crippen molar-refractivity contribution < 1.29 is 20.1 Å². The molecule has 5 heteroatoms. The molecule has 2 atom stereocenters. The third-order valence-corrected chi connectivity index (χ3v) is 5.40. The van der Waals surface area contributed by atoms with Crippen molar-refractivity contribution in [3.63, 3.8) is 0 Å². The monoisotopic (exact) mass is 335 g/mol. The molecule has 1 aromatic rings. The number of aliphatic hydroxyl groups excluding tert-OH is 1. The lowest BCUT2D eigenvalue weighted by Gasteiger charge is -2.44. The maximum absolute atomic E-state index is 10.9. The Hall–Kier alpha value is -1.14. The number of likely N-dealkylation sites (tertiary alicyclic amines) is 1. The summed E-state index contributed by atoms with van der Waals surface area (Å²) in [6, 6.07) is 7.65. The van der Waals surface area contributed by atoms with Crippen molar-refractivity contribution in [3.05, 3.63) is 29.8 Å². The van der Waals surface area contributed by atoms with Crippen molar-refractivity contribution in [2.24, 2.45) is 0 Å². The van der Waals surface area contributed by atoms with Crippen LogP contribution in [0.3, 0.4) is 0 Å². The zero-order valence-electron chi connectivity index (χ0n) is 14.4. The first-order chi connectivity index (χ1) is 11.4. The fraction of sp³-hybridized carbons (Fsp3) is 0.684. The number of benzene rings is 1. The van der Waals surface area contributed by atoms with Gasteiger partial charge in [-0.05, 0) is 38.3 Å². The third-order valence-electron chi connectivity index (χ3n) is 5.40. The number of piperidine rings is 1. The van der Waals surface area contributed by atoms with Gasteiger partial charge in [0.2, 0.25) is 0 Å². The van der Waals surface area contributed by atoms with Gasteiger partial charge in [-0.25, -0.2) is 0 Å². The quantitative estimate of drug-likeness (QED) is 0.760. The van der Waals surface area contributed by atoms with Crippen molar-refractivity contribution in [3.8, 4) is 5.75 Å². The Morgan fingerprint density at radius 1 is 1.17 bits per heavy atom. The third kappa shape index (κ3) is 4.09. The Morgan fingerprint density at radius 3 is 2.50 bits per heavy atom. The summed E-state index contributed by atoms with van der Waals surface area (Å²) in [6.45, 7) is 3.63. The lowest BCUT2D eigenvalue weighted by Crippen LogP contribution is -2.61. The molecule has 24 heavy (non-hydrogen) atoms. The zero-order chi connectivity index (χ0) is 17.2. The van der Waals surface area contributed by atoms with E-state index in [2.05, 4.69) is 4.90 Å². The van der Waals surface area contributed by atoms with Gasteiger partial charge in [-0.2, -0.15) is 0 Å². The number of aryl methyl sites for hydroxylation is 1. The second-order valence-electron chi connectivity index (χ2n) is 7.65. The SMILES string of the molecule is Cc1ccc(OC[C@@]2(O)CN(CC3(O)CCCC3)CC[C@@H]2O)cc1. The van der Waals surface area contributed by atoms with Crippen molar-refractivity contribution >= 4 is 0 Å². The van der Waals surface area contributed by atoms with Gasteiger partial charge < -0.3 is 20.1 Å². The number of hydrogen-bond donors (Lipinski definition) is 3. The Bertz CT molecular complexity index is 541. The summed E-state index contributed by atoms with van der Waals surface area (Å²) in [7, 11) is 0. The zero-order valence-corrected chi connectivity index (χ0v) is 14.4. The van der Waals surface area contributed by atoms with E-state index >= 15 is 0 Å². The highest BCUT2D eigenvalue weighted by atomic mass is 16.5. The molecule has 2 fully saturated rings. The second kappa shape index (κ2) is 7.00. The van der Waals surface area contributed by atoms with Crippen LogP contribution in [0.25, 0.3) is 0 Å². The number of hydrogen-bond acceptors (Lipinski definition) is 5. The molecule has 1 saturated heterocycles. The summed E-state index contributed by atoms with van der Waals surface area (Å²) < 4.78 is 5.72. The maximum Gasteiger partial charge on any atom is 0.137 e. The predicted molar refractivity (Wildman–Crippen MR) is 92.1 cm³/mol. The number of rotatable bonds is 5. The van der Waals surface area contributed by atoms with Crippen LogP contribution >= 0.6 is 0 Å². The molecule has 1 aromatic carbocycles. The van der Waals surface area contributed by atoms with Gasteiger partial charge in [0.1, 0.15) is 18.0 Å². The standard InChI is InChI=1S/C19H29NO4/c1-15-4-6-16(7-5-15)24-14-19(23)13-20(11-8-17(19)21)12-18(22)9-2-3-10-18/h4-7,17,21-23H,2-3,8-14H2,1H3/t17-,19-/m0/s1. The van der Waals surface area contributed by atoms with Crippen LogP contribution in [0.4, 0.5) is 0 Å². The first-order valence-corrected chi connectivity index (χ1v) is 8.93. The van der Waals surface area contributed by atoms with Crippen molar-refractivity contribution in [2.75, 3.05) is 26.2 Å². The summed E-state index contributed by atoms with van der Waals surface area (Å²) in [5.74, 6) is 0.688. The maximum atomic E-state index is 10.9. The van der Waals surface area contributed by atoms with E-state index in [-0.39, 0.29) is 6.61 Å². The van der Waals surface area contributed by atoms with Crippen molar-refractivity contribution in [1.29, 1.82) is 0 Å². The van der Waals surface area contributed by atoms with E-state index in [9.17, 15) is 15.3 Å². The van der Waals surface area contributed by atoms with Crippen LogP contribution < -0.4 is 4.74 Å². The number of ether oxygens (including phenoxy) is 1. The molecule has 3 rings (SSSR count). The average Bonchev–Trinajstić information content (AvgIpc) is 2.97. The Labute approximate surface area is 143 Å². The largest absolute Gasteiger partial charge is 0.490 e. The summed E-state index contributed by atoms with van der Waals surface area (Å²) in [5, 5.41) is 31.8. The van der Waals surface area contributed by atoms with Crippen LogP contribution in [0.15, 0.2) is 24.3 Å². The molecule has 0 amide bonds. The van der Waals surface area contributed by atoms with E-state index in [1.54, 1.807) is 0 Å². The van der Waals surface area contributed by atoms with Gasteiger partial charge in [0.25, 0.3) is 0 Å². The van der Waals surface area contributed by atoms with Crippen LogP contribution in [0, 0.1) is 6.92 Å². The molecule has 0 bridgehead atoms. The first-order valence-electron chi connectivity index (χ1n) is 8.93. The van der Waals surface area contributed by atoms with Crippen molar-refractivity contribution in [2.45, 2.75) is 56.3 Å². The number of aliphatic hydroxyl groups is 3. The Kier molecular flexibility index (Phi) is 5.16. The average molecular weight is 335 g/mol. The van der Waals surface area contributed by atoms with Gasteiger partial charge >= 0.3 is 0 Å². The molecule has 0 spiro atoms. The molecule has 134 valence electrons. The van der Waals surface area contributed by atoms with Gasteiger partial charge in [0.15, 0.2) is 0 Å². The van der Waals surface area contributed by atoms with E-state index in [0.29, 0.717) is 31.8 Å². The molecule has 2 aliphatic rings. The minimum atomic E-state index is -1.31. The summed E-state index contributed by atoms with van der Waals surface area (Å²) in [6.07, 6.45) is 3.46.